The molecule has 0 saturated carbocycles. The number of nitrogens with zero attached hydrogens (tertiary/aromatic N) is 2. The minimum absolute atomic E-state index is 0.438. The van der Waals surface area contributed by atoms with Crippen molar-refractivity contribution in [3.8, 4) is 11.9 Å². The highest BCUT2D eigenvalue weighted by Gasteiger charge is 2.23. The Hall–Kier alpha value is -0.536. The van der Waals surface area contributed by atoms with Crippen LogP contribution in [0.5, 0.6) is 11.9 Å². The summed E-state index contributed by atoms with van der Waals surface area (Å²) in [5.74, 6) is 1.65. The van der Waals surface area contributed by atoms with Crippen molar-refractivity contribution < 1.29 is 8.85 Å². The van der Waals surface area contributed by atoms with E-state index in [0.29, 0.717) is 11.9 Å². The standard InChI is InChI=1S/C12H24N2O2SSi2/c1-8-17-10-9-13-12(16-19(5,6)7)14-11(10)15-18(2,3)4/h9H,8H2,1-7H3. The van der Waals surface area contributed by atoms with Crippen LogP contribution >= 0.6 is 11.8 Å². The van der Waals surface area contributed by atoms with Crippen molar-refractivity contribution in [1.29, 1.82) is 0 Å². The normalized spacial score (nSPS) is 12.4. The molecule has 0 aliphatic carbocycles. The molecule has 0 radical (unpaired) electrons. The number of hydrogen-bond donors (Lipinski definition) is 0. The third kappa shape index (κ3) is 6.44. The highest BCUT2D eigenvalue weighted by atomic mass is 32.2. The topological polar surface area (TPSA) is 44.2 Å². The summed E-state index contributed by atoms with van der Waals surface area (Å²) in [4.78, 5) is 9.74. The van der Waals surface area contributed by atoms with Gasteiger partial charge in [-0.2, -0.15) is 4.98 Å². The Morgan fingerprint density at radius 1 is 1.05 bits per heavy atom. The Kier molecular flexibility index (Phi) is 5.46. The van der Waals surface area contributed by atoms with Gasteiger partial charge in [0.2, 0.25) is 22.5 Å². The highest BCUT2D eigenvalue weighted by molar-refractivity contribution is 7.99. The average molecular weight is 317 g/mol. The van der Waals surface area contributed by atoms with Gasteiger partial charge in [0.05, 0.1) is 11.1 Å². The first-order chi connectivity index (χ1) is 8.61. The fourth-order valence-corrected chi connectivity index (χ4v) is 3.39. The van der Waals surface area contributed by atoms with Crippen LogP contribution in [-0.4, -0.2) is 32.4 Å². The summed E-state index contributed by atoms with van der Waals surface area (Å²) in [7, 11) is -3.38. The van der Waals surface area contributed by atoms with Crippen molar-refractivity contribution in [2.45, 2.75) is 51.1 Å². The summed E-state index contributed by atoms with van der Waals surface area (Å²) in [6.07, 6.45) is 1.81. The van der Waals surface area contributed by atoms with Crippen LogP contribution in [0.1, 0.15) is 6.92 Å². The maximum absolute atomic E-state index is 6.04. The molecule has 1 aromatic rings. The van der Waals surface area contributed by atoms with Gasteiger partial charge in [-0.05, 0) is 45.0 Å². The Morgan fingerprint density at radius 3 is 2.11 bits per heavy atom. The fourth-order valence-electron chi connectivity index (χ4n) is 1.28. The maximum Gasteiger partial charge on any atom is 0.305 e. The van der Waals surface area contributed by atoms with Crippen LogP contribution in [0.15, 0.2) is 11.1 Å². The van der Waals surface area contributed by atoms with Crippen molar-refractivity contribution in [1.82, 2.24) is 9.97 Å². The van der Waals surface area contributed by atoms with Gasteiger partial charge < -0.3 is 8.85 Å². The second kappa shape index (κ2) is 6.28. The first kappa shape index (κ1) is 16.5. The Labute approximate surface area is 122 Å². The van der Waals surface area contributed by atoms with Gasteiger partial charge in [-0.25, -0.2) is 4.98 Å². The molecule has 1 rings (SSSR count). The summed E-state index contributed by atoms with van der Waals surface area (Å²) in [5, 5.41) is 0. The quantitative estimate of drug-likeness (QED) is 0.586. The van der Waals surface area contributed by atoms with Crippen molar-refractivity contribution in [3.05, 3.63) is 6.20 Å². The molecule has 1 aromatic heterocycles. The molecule has 1 heterocycles. The van der Waals surface area contributed by atoms with Gasteiger partial charge in [0.1, 0.15) is 0 Å². The predicted octanol–water partition coefficient (Wildman–Crippen LogP) is 4.02. The predicted molar refractivity (Wildman–Crippen MR) is 86.4 cm³/mol. The van der Waals surface area contributed by atoms with Gasteiger partial charge in [0.15, 0.2) is 0 Å². The van der Waals surface area contributed by atoms with E-state index >= 15 is 0 Å². The lowest BCUT2D eigenvalue weighted by atomic mass is 10.6. The molecule has 0 unspecified atom stereocenters. The molecule has 0 bridgehead atoms. The van der Waals surface area contributed by atoms with Crippen LogP contribution in [0.3, 0.4) is 0 Å². The summed E-state index contributed by atoms with van der Waals surface area (Å²) in [6.45, 7) is 14.9. The Bertz CT molecular complexity index is 431. The molecule has 108 valence electrons. The lowest BCUT2D eigenvalue weighted by Crippen LogP contribution is -2.32. The summed E-state index contributed by atoms with van der Waals surface area (Å²) < 4.78 is 11.9. The summed E-state index contributed by atoms with van der Waals surface area (Å²) in [6, 6.07) is 0.438. The van der Waals surface area contributed by atoms with Crippen molar-refractivity contribution in [3.63, 3.8) is 0 Å². The lowest BCUT2D eigenvalue weighted by molar-refractivity contribution is 0.466. The Balaban J connectivity index is 3.04. The maximum atomic E-state index is 6.04. The monoisotopic (exact) mass is 316 g/mol. The molecule has 0 aliphatic heterocycles. The second-order valence-corrected chi connectivity index (χ2v) is 16.3. The molecule has 0 N–H and O–H groups in total. The van der Waals surface area contributed by atoms with E-state index in [4.69, 9.17) is 8.85 Å². The van der Waals surface area contributed by atoms with E-state index in [1.807, 2.05) is 6.20 Å². The van der Waals surface area contributed by atoms with Crippen molar-refractivity contribution in [2.24, 2.45) is 0 Å². The molecule has 7 heteroatoms. The van der Waals surface area contributed by atoms with E-state index in [9.17, 15) is 0 Å². The molecule has 0 spiro atoms. The van der Waals surface area contributed by atoms with Gasteiger partial charge in [-0.3, -0.25) is 0 Å². The fraction of sp³-hybridized carbons (Fsp3) is 0.667. The molecule has 0 fully saturated rings. The van der Waals surface area contributed by atoms with Gasteiger partial charge in [0.25, 0.3) is 0 Å². The molecule has 19 heavy (non-hydrogen) atoms. The van der Waals surface area contributed by atoms with E-state index in [-0.39, 0.29) is 0 Å². The minimum atomic E-state index is -1.69. The van der Waals surface area contributed by atoms with Crippen molar-refractivity contribution >= 4 is 28.4 Å². The van der Waals surface area contributed by atoms with Gasteiger partial charge in [0, 0.05) is 0 Å². The highest BCUT2D eigenvalue weighted by Crippen LogP contribution is 2.30. The SMILES string of the molecule is CCSc1cnc(O[Si](C)(C)C)nc1O[Si](C)(C)C. The smallest absolute Gasteiger partial charge is 0.305 e. The molecule has 0 saturated heterocycles. The van der Waals surface area contributed by atoms with E-state index in [1.165, 1.54) is 0 Å². The van der Waals surface area contributed by atoms with Crippen LogP contribution in [0.2, 0.25) is 39.3 Å². The second-order valence-electron chi connectivity index (χ2n) is 6.18. The van der Waals surface area contributed by atoms with Crippen LogP contribution in [0.25, 0.3) is 0 Å². The van der Waals surface area contributed by atoms with Crippen molar-refractivity contribution in [2.75, 3.05) is 5.75 Å². The number of rotatable bonds is 6. The molecular formula is C12H24N2O2SSi2. The zero-order chi connectivity index (χ0) is 14.7. The number of thioether (sulfide) groups is 1. The lowest BCUT2D eigenvalue weighted by Gasteiger charge is -2.22. The van der Waals surface area contributed by atoms with Gasteiger partial charge in [-0.1, -0.05) is 6.92 Å². The van der Waals surface area contributed by atoms with Crippen LogP contribution in [0, 0.1) is 0 Å². The van der Waals surface area contributed by atoms with Crippen LogP contribution in [0.4, 0.5) is 0 Å². The molecular weight excluding hydrogens is 292 g/mol. The largest absolute Gasteiger partial charge is 0.531 e. The minimum Gasteiger partial charge on any atom is -0.531 e. The van der Waals surface area contributed by atoms with E-state index < -0.39 is 16.6 Å². The zero-order valence-corrected chi connectivity index (χ0v) is 15.7. The summed E-state index contributed by atoms with van der Waals surface area (Å²) >= 11 is 1.70. The van der Waals surface area contributed by atoms with E-state index in [0.717, 1.165) is 10.6 Å². The van der Waals surface area contributed by atoms with Crippen LogP contribution in [-0.2, 0) is 0 Å². The van der Waals surface area contributed by atoms with E-state index in [2.05, 4.69) is 56.2 Å². The number of aromatic nitrogens is 2. The first-order valence-corrected chi connectivity index (χ1v) is 14.3. The molecule has 0 atom stereocenters. The zero-order valence-electron chi connectivity index (χ0n) is 12.9. The molecule has 0 aliphatic rings. The molecule has 0 amide bonds. The Morgan fingerprint density at radius 2 is 1.63 bits per heavy atom. The first-order valence-electron chi connectivity index (χ1n) is 6.48. The van der Waals surface area contributed by atoms with Crippen LogP contribution < -0.4 is 8.85 Å². The van der Waals surface area contributed by atoms with Gasteiger partial charge >= 0.3 is 6.01 Å². The number of hydrogen-bond acceptors (Lipinski definition) is 5. The van der Waals surface area contributed by atoms with Gasteiger partial charge in [-0.15, -0.1) is 11.8 Å². The third-order valence-electron chi connectivity index (χ3n) is 1.80. The third-order valence-corrected chi connectivity index (χ3v) is 4.28. The molecule has 4 nitrogen and oxygen atoms in total. The summed E-state index contributed by atoms with van der Waals surface area (Å²) in [5.41, 5.74) is 0. The van der Waals surface area contributed by atoms with E-state index in [1.54, 1.807) is 11.8 Å². The average Bonchev–Trinajstić information content (AvgIpc) is 2.17. The molecule has 0 aromatic carbocycles.